The fourth-order valence-corrected chi connectivity index (χ4v) is 6.91. The molecule has 3 heterocycles. The maximum atomic E-state index is 14.0. The molecule has 4 aliphatic rings. The molecule has 6 atom stereocenters. The van der Waals surface area contributed by atoms with Gasteiger partial charge in [0.05, 0.1) is 30.6 Å². The molecule has 2 bridgehead atoms. The minimum Gasteiger partial charge on any atom is -0.394 e. The first-order valence-corrected chi connectivity index (χ1v) is 12.7. The number of likely N-dealkylation sites (tertiary alicyclic amines) is 1. The van der Waals surface area contributed by atoms with Gasteiger partial charge in [-0.2, -0.15) is 0 Å². The Morgan fingerprint density at radius 1 is 1.15 bits per heavy atom. The van der Waals surface area contributed by atoms with Gasteiger partial charge in [-0.15, -0.1) is 0 Å². The Kier molecular flexibility index (Phi) is 6.37. The first-order valence-electron chi connectivity index (χ1n) is 12.7. The molecule has 1 spiro atoms. The van der Waals surface area contributed by atoms with E-state index in [-0.39, 0.29) is 36.5 Å². The molecule has 4 fully saturated rings. The molecule has 1 aromatic carbocycles. The summed E-state index contributed by atoms with van der Waals surface area (Å²) in [5.74, 6) is -2.01. The first-order chi connectivity index (χ1) is 16.5. The van der Waals surface area contributed by atoms with Crippen molar-refractivity contribution in [2.24, 2.45) is 11.8 Å². The molecule has 3 aliphatic heterocycles. The summed E-state index contributed by atoms with van der Waals surface area (Å²) >= 11 is 0. The van der Waals surface area contributed by atoms with E-state index in [2.05, 4.69) is 10.6 Å². The number of aliphatic hydroxyl groups is 1. The van der Waals surface area contributed by atoms with Gasteiger partial charge in [-0.25, -0.2) is 0 Å². The Hall–Kier alpha value is -2.45. The van der Waals surface area contributed by atoms with E-state index in [0.717, 1.165) is 31.2 Å². The van der Waals surface area contributed by atoms with Crippen LogP contribution in [-0.2, 0) is 25.5 Å². The molecule has 3 amide bonds. The minimum atomic E-state index is -1.03. The molecular weight excluding hydrogens is 434 g/mol. The molecule has 34 heavy (non-hydrogen) atoms. The number of amides is 3. The van der Waals surface area contributed by atoms with Crippen molar-refractivity contribution in [1.29, 1.82) is 0 Å². The van der Waals surface area contributed by atoms with Gasteiger partial charge in [-0.1, -0.05) is 49.6 Å². The zero-order chi connectivity index (χ0) is 23.9. The molecule has 0 aromatic heterocycles. The van der Waals surface area contributed by atoms with Crippen LogP contribution in [-0.4, -0.2) is 71.2 Å². The number of rotatable bonds is 7. The number of benzene rings is 1. The topological polar surface area (TPSA) is 108 Å². The predicted molar refractivity (Wildman–Crippen MR) is 125 cm³/mol. The summed E-state index contributed by atoms with van der Waals surface area (Å²) in [4.78, 5) is 42.2. The number of ether oxygens (including phenoxy) is 1. The lowest BCUT2D eigenvalue weighted by atomic mass is 9.70. The van der Waals surface area contributed by atoms with Gasteiger partial charge in [0, 0.05) is 13.1 Å². The van der Waals surface area contributed by atoms with E-state index in [1.807, 2.05) is 30.3 Å². The van der Waals surface area contributed by atoms with Gasteiger partial charge in [-0.05, 0) is 37.7 Å². The summed E-state index contributed by atoms with van der Waals surface area (Å²) < 4.78 is 6.42. The maximum absolute atomic E-state index is 14.0. The number of carbonyl (C=O) groups excluding carboxylic acids is 3. The van der Waals surface area contributed by atoms with Crippen molar-refractivity contribution < 1.29 is 24.2 Å². The largest absolute Gasteiger partial charge is 0.394 e. The Morgan fingerprint density at radius 2 is 1.88 bits per heavy atom. The number of hydrogen-bond acceptors (Lipinski definition) is 5. The molecule has 1 aromatic rings. The highest BCUT2D eigenvalue weighted by atomic mass is 16.5. The molecule has 3 saturated heterocycles. The lowest BCUT2D eigenvalue weighted by molar-refractivity contribution is -0.146. The van der Waals surface area contributed by atoms with Crippen molar-refractivity contribution in [2.45, 2.75) is 81.2 Å². The van der Waals surface area contributed by atoms with E-state index < -0.39 is 29.5 Å². The summed E-state index contributed by atoms with van der Waals surface area (Å²) in [5.41, 5.74) is -0.0506. The number of aliphatic hydroxyl groups excluding tert-OH is 1. The van der Waals surface area contributed by atoms with E-state index >= 15 is 0 Å². The van der Waals surface area contributed by atoms with Crippen molar-refractivity contribution >= 4 is 17.7 Å². The zero-order valence-corrected chi connectivity index (χ0v) is 19.7. The van der Waals surface area contributed by atoms with Crippen molar-refractivity contribution in [1.82, 2.24) is 15.5 Å². The molecular formula is C26H35N3O5. The molecule has 2 unspecified atom stereocenters. The monoisotopic (exact) mass is 469 g/mol. The van der Waals surface area contributed by atoms with Crippen molar-refractivity contribution in [3.63, 3.8) is 0 Å². The van der Waals surface area contributed by atoms with Crippen LogP contribution in [0.1, 0.15) is 50.5 Å². The van der Waals surface area contributed by atoms with Gasteiger partial charge >= 0.3 is 0 Å². The summed E-state index contributed by atoms with van der Waals surface area (Å²) in [6.07, 6.45) is 6.47. The number of hydrogen-bond donors (Lipinski definition) is 3. The SMILES string of the molecule is CNC(=O)[C@@H]1[C@@H]2CCC3(O2)C(C(=O)NC2CCCCC2)N([C@@H](CO)Cc2ccccc2)C(=O)[C@H]13. The highest BCUT2D eigenvalue weighted by molar-refractivity contribution is 5.99. The number of nitrogens with one attached hydrogen (secondary N) is 2. The van der Waals surface area contributed by atoms with E-state index in [4.69, 9.17) is 4.74 Å². The molecule has 1 aliphatic carbocycles. The third-order valence-corrected chi connectivity index (χ3v) is 8.41. The fourth-order valence-electron chi connectivity index (χ4n) is 6.91. The van der Waals surface area contributed by atoms with Gasteiger partial charge in [-0.3, -0.25) is 14.4 Å². The van der Waals surface area contributed by atoms with Crippen molar-refractivity contribution in [3.8, 4) is 0 Å². The van der Waals surface area contributed by atoms with Crippen molar-refractivity contribution in [3.05, 3.63) is 35.9 Å². The average molecular weight is 470 g/mol. The Morgan fingerprint density at radius 3 is 2.56 bits per heavy atom. The lowest BCUT2D eigenvalue weighted by Crippen LogP contribution is -2.59. The third kappa shape index (κ3) is 3.71. The highest BCUT2D eigenvalue weighted by Crippen LogP contribution is 2.58. The summed E-state index contributed by atoms with van der Waals surface area (Å²) in [6, 6.07) is 8.32. The van der Waals surface area contributed by atoms with Crippen LogP contribution < -0.4 is 10.6 Å². The highest BCUT2D eigenvalue weighted by Gasteiger charge is 2.75. The minimum absolute atomic E-state index is 0.0868. The van der Waals surface area contributed by atoms with E-state index in [1.54, 1.807) is 11.9 Å². The molecule has 5 rings (SSSR count). The van der Waals surface area contributed by atoms with Gasteiger partial charge in [0.1, 0.15) is 11.6 Å². The first kappa shape index (κ1) is 23.3. The summed E-state index contributed by atoms with van der Waals surface area (Å²) in [6.45, 7) is -0.273. The molecule has 0 radical (unpaired) electrons. The van der Waals surface area contributed by atoms with Crippen LogP contribution in [0.25, 0.3) is 0 Å². The molecule has 8 nitrogen and oxygen atoms in total. The Balaban J connectivity index is 1.50. The molecule has 3 N–H and O–H groups in total. The Bertz CT molecular complexity index is 934. The number of nitrogens with zero attached hydrogens (tertiary/aromatic N) is 1. The van der Waals surface area contributed by atoms with Crippen LogP contribution in [0.3, 0.4) is 0 Å². The van der Waals surface area contributed by atoms with Crippen LogP contribution in [0.2, 0.25) is 0 Å². The van der Waals surface area contributed by atoms with Gasteiger partial charge in [0.2, 0.25) is 17.7 Å². The normalized spacial score (nSPS) is 33.6. The lowest BCUT2D eigenvalue weighted by Gasteiger charge is -2.38. The second kappa shape index (κ2) is 9.30. The van der Waals surface area contributed by atoms with E-state index in [1.165, 1.54) is 6.42 Å². The van der Waals surface area contributed by atoms with Crippen LogP contribution >= 0.6 is 0 Å². The van der Waals surface area contributed by atoms with Crippen molar-refractivity contribution in [2.75, 3.05) is 13.7 Å². The van der Waals surface area contributed by atoms with Crippen LogP contribution in [0, 0.1) is 11.8 Å². The van der Waals surface area contributed by atoms with Crippen LogP contribution in [0.15, 0.2) is 30.3 Å². The average Bonchev–Trinajstić information content (AvgIpc) is 3.50. The molecule has 8 heteroatoms. The summed E-state index contributed by atoms with van der Waals surface area (Å²) in [5, 5.41) is 16.3. The smallest absolute Gasteiger partial charge is 0.246 e. The maximum Gasteiger partial charge on any atom is 0.246 e. The number of carbonyl (C=O) groups is 3. The molecule has 184 valence electrons. The van der Waals surface area contributed by atoms with Gasteiger partial charge < -0.3 is 25.4 Å². The standard InChI is InChI=1S/C26H35N3O5/c1-27-23(31)20-19-12-13-26(34-19)21(20)25(33)29(18(15-30)14-16-8-4-2-5-9-16)22(26)24(32)28-17-10-6-3-7-11-17/h2,4-5,8-9,17-22,30H,3,6-7,10-15H2,1H3,(H,27,31)(H,28,32)/t18-,19+,20-,21+,22?,26?/m1/s1. The molecule has 1 saturated carbocycles. The number of fused-ring (bicyclic) bond motifs is 1. The Labute approximate surface area is 200 Å². The quantitative estimate of drug-likeness (QED) is 0.556. The van der Waals surface area contributed by atoms with Gasteiger partial charge in [0.15, 0.2) is 0 Å². The predicted octanol–water partition coefficient (Wildman–Crippen LogP) is 1.16. The van der Waals surface area contributed by atoms with Crippen LogP contribution in [0.4, 0.5) is 0 Å². The van der Waals surface area contributed by atoms with Gasteiger partial charge in [0.25, 0.3) is 0 Å². The third-order valence-electron chi connectivity index (χ3n) is 8.41. The second-order valence-corrected chi connectivity index (χ2v) is 10.3. The zero-order valence-electron chi connectivity index (χ0n) is 19.7. The van der Waals surface area contributed by atoms with E-state index in [9.17, 15) is 19.5 Å². The summed E-state index contributed by atoms with van der Waals surface area (Å²) in [7, 11) is 1.57. The van der Waals surface area contributed by atoms with E-state index in [0.29, 0.717) is 19.3 Å². The second-order valence-electron chi connectivity index (χ2n) is 10.3. The fraction of sp³-hybridized carbons (Fsp3) is 0.654. The van der Waals surface area contributed by atoms with Crippen LogP contribution in [0.5, 0.6) is 0 Å².